The Kier molecular flexibility index (Phi) is 4.66. The molecule has 0 atom stereocenters. The maximum atomic E-state index is 13.0. The molecule has 3 aromatic rings. The van der Waals surface area contributed by atoms with Gasteiger partial charge in [0.2, 0.25) is 0 Å². The lowest BCUT2D eigenvalue weighted by Gasteiger charge is -2.07. The summed E-state index contributed by atoms with van der Waals surface area (Å²) in [5, 5.41) is 0.00727. The molecule has 0 radical (unpaired) electrons. The molecule has 5 nitrogen and oxygen atoms in total. The molecule has 0 aliphatic rings. The lowest BCUT2D eigenvalue weighted by molar-refractivity contribution is 0.0496. The van der Waals surface area contributed by atoms with E-state index >= 15 is 0 Å². The summed E-state index contributed by atoms with van der Waals surface area (Å²) < 4.78 is 19.7. The van der Waals surface area contributed by atoms with Gasteiger partial charge in [-0.3, -0.25) is 4.57 Å². The largest absolute Gasteiger partial charge is 0.462 e. The average Bonchev–Trinajstić information content (AvgIpc) is 2.87. The fraction of sp³-hybridized carbons (Fsp3) is 0.176. The fourth-order valence-electron chi connectivity index (χ4n) is 2.45. The molecule has 1 aromatic heterocycles. The van der Waals surface area contributed by atoms with Crippen LogP contribution in [-0.4, -0.2) is 22.1 Å². The number of hydrogen-bond donors (Lipinski definition) is 1. The number of ether oxygens (including phenoxy) is 1. The molecule has 0 bridgehead atoms. The van der Waals surface area contributed by atoms with Gasteiger partial charge in [0.05, 0.1) is 28.2 Å². The highest BCUT2D eigenvalue weighted by atomic mass is 35.5. The molecule has 24 heavy (non-hydrogen) atoms. The fourth-order valence-corrected chi connectivity index (χ4v) is 2.69. The molecule has 0 aliphatic carbocycles. The third-order valence-electron chi connectivity index (χ3n) is 3.59. The Bertz CT molecular complexity index is 948. The zero-order chi connectivity index (χ0) is 17.1. The number of H-pyrrole nitrogens is 1. The first-order chi connectivity index (χ1) is 11.6. The van der Waals surface area contributed by atoms with Gasteiger partial charge in [0.1, 0.15) is 5.82 Å². The summed E-state index contributed by atoms with van der Waals surface area (Å²) in [6.45, 7) is 0.533. The second kappa shape index (κ2) is 6.88. The van der Waals surface area contributed by atoms with Crippen LogP contribution >= 0.6 is 11.6 Å². The van der Waals surface area contributed by atoms with Crippen molar-refractivity contribution in [3.05, 3.63) is 69.4 Å². The van der Waals surface area contributed by atoms with E-state index in [2.05, 4.69) is 4.98 Å². The zero-order valence-electron chi connectivity index (χ0n) is 12.6. The van der Waals surface area contributed by atoms with E-state index in [4.69, 9.17) is 16.3 Å². The standard InChI is InChI=1S/C17H14ClFN2O3/c18-13-10-11(19)6-7-12(13)16(22)24-9-3-8-21-15-5-2-1-4-14(15)20-17(21)23/h1-2,4-7,10H,3,8-9H2,(H,20,23). The van der Waals surface area contributed by atoms with Gasteiger partial charge in [-0.15, -0.1) is 0 Å². The number of rotatable bonds is 5. The summed E-state index contributed by atoms with van der Waals surface area (Å²) in [5.74, 6) is -1.14. The van der Waals surface area contributed by atoms with Crippen LogP contribution in [0.4, 0.5) is 4.39 Å². The number of nitrogens with zero attached hydrogens (tertiary/aromatic N) is 1. The second-order valence-corrected chi connectivity index (χ2v) is 5.62. The molecule has 2 aromatic carbocycles. The number of fused-ring (bicyclic) bond motifs is 1. The number of esters is 1. The van der Waals surface area contributed by atoms with Crippen LogP contribution in [0.2, 0.25) is 5.02 Å². The van der Waals surface area contributed by atoms with Crippen molar-refractivity contribution in [1.29, 1.82) is 0 Å². The maximum absolute atomic E-state index is 13.0. The molecule has 1 heterocycles. The molecule has 3 rings (SSSR count). The number of benzene rings is 2. The minimum absolute atomic E-state index is 0.00727. The lowest BCUT2D eigenvalue weighted by atomic mass is 10.2. The van der Waals surface area contributed by atoms with E-state index in [9.17, 15) is 14.0 Å². The maximum Gasteiger partial charge on any atom is 0.339 e. The van der Waals surface area contributed by atoms with Crippen molar-refractivity contribution in [3.8, 4) is 0 Å². The predicted octanol–water partition coefficient (Wildman–Crippen LogP) is 3.37. The van der Waals surface area contributed by atoms with Gasteiger partial charge in [0.15, 0.2) is 0 Å². The van der Waals surface area contributed by atoms with Crippen LogP contribution in [0.15, 0.2) is 47.3 Å². The number of aromatic amines is 1. The number of halogens is 2. The summed E-state index contributed by atoms with van der Waals surface area (Å²) >= 11 is 5.81. The van der Waals surface area contributed by atoms with Gasteiger partial charge in [-0.25, -0.2) is 14.0 Å². The summed E-state index contributed by atoms with van der Waals surface area (Å²) in [4.78, 5) is 26.6. The third kappa shape index (κ3) is 3.33. The van der Waals surface area contributed by atoms with Crippen LogP contribution in [0.1, 0.15) is 16.8 Å². The Morgan fingerprint density at radius 1 is 1.25 bits per heavy atom. The van der Waals surface area contributed by atoms with Gasteiger partial charge < -0.3 is 9.72 Å². The summed E-state index contributed by atoms with van der Waals surface area (Å²) in [6.07, 6.45) is 0.465. The summed E-state index contributed by atoms with van der Waals surface area (Å²) in [7, 11) is 0. The van der Waals surface area contributed by atoms with E-state index in [1.54, 1.807) is 4.57 Å². The van der Waals surface area contributed by atoms with Gasteiger partial charge in [-0.2, -0.15) is 0 Å². The van der Waals surface area contributed by atoms with Crippen LogP contribution in [-0.2, 0) is 11.3 Å². The van der Waals surface area contributed by atoms with Crippen LogP contribution in [0.5, 0.6) is 0 Å². The Hall–Kier alpha value is -2.60. The number of para-hydroxylation sites is 2. The summed E-state index contributed by atoms with van der Waals surface area (Å²) in [5.41, 5.74) is 1.47. The molecule has 0 unspecified atom stereocenters. The van der Waals surface area contributed by atoms with Crippen LogP contribution in [0.3, 0.4) is 0 Å². The molecular weight excluding hydrogens is 335 g/mol. The van der Waals surface area contributed by atoms with Gasteiger partial charge in [-0.1, -0.05) is 23.7 Å². The van der Waals surface area contributed by atoms with Gasteiger partial charge >= 0.3 is 11.7 Å². The SMILES string of the molecule is O=C(OCCCn1c(=O)[nH]c2ccccc21)c1ccc(F)cc1Cl. The first-order valence-electron chi connectivity index (χ1n) is 7.36. The normalized spacial score (nSPS) is 10.9. The Morgan fingerprint density at radius 3 is 2.83 bits per heavy atom. The molecule has 124 valence electrons. The highest BCUT2D eigenvalue weighted by Crippen LogP contribution is 2.18. The monoisotopic (exact) mass is 348 g/mol. The highest BCUT2D eigenvalue weighted by Gasteiger charge is 2.12. The minimum Gasteiger partial charge on any atom is -0.462 e. The molecule has 7 heteroatoms. The highest BCUT2D eigenvalue weighted by molar-refractivity contribution is 6.33. The van der Waals surface area contributed by atoms with E-state index in [1.807, 2.05) is 24.3 Å². The number of aryl methyl sites for hydroxylation is 1. The molecule has 1 N–H and O–H groups in total. The third-order valence-corrected chi connectivity index (χ3v) is 3.90. The van der Waals surface area contributed by atoms with E-state index in [1.165, 1.54) is 6.07 Å². The molecule has 0 aliphatic heterocycles. The topological polar surface area (TPSA) is 64.1 Å². The predicted molar refractivity (Wildman–Crippen MR) is 88.9 cm³/mol. The van der Waals surface area contributed by atoms with Gasteiger partial charge in [0, 0.05) is 6.54 Å². The molecule has 0 fully saturated rings. The number of aromatic nitrogens is 2. The number of hydrogen-bond acceptors (Lipinski definition) is 3. The Balaban J connectivity index is 1.59. The van der Waals surface area contributed by atoms with Crippen LogP contribution < -0.4 is 5.69 Å². The van der Waals surface area contributed by atoms with Crippen LogP contribution in [0.25, 0.3) is 11.0 Å². The Morgan fingerprint density at radius 2 is 2.04 bits per heavy atom. The number of carbonyl (C=O) groups excluding carboxylic acids is 1. The molecule has 0 saturated heterocycles. The average molecular weight is 349 g/mol. The van der Waals surface area contributed by atoms with Crippen molar-refractivity contribution in [3.63, 3.8) is 0 Å². The van der Waals surface area contributed by atoms with Gasteiger partial charge in [0.25, 0.3) is 0 Å². The van der Waals surface area contributed by atoms with E-state index in [0.717, 1.165) is 23.2 Å². The second-order valence-electron chi connectivity index (χ2n) is 5.21. The molecule has 0 amide bonds. The number of carbonyl (C=O) groups is 1. The van der Waals surface area contributed by atoms with Crippen LogP contribution in [0, 0.1) is 5.82 Å². The number of nitrogens with one attached hydrogen (secondary N) is 1. The zero-order valence-corrected chi connectivity index (χ0v) is 13.3. The van der Waals surface area contributed by atoms with Crippen molar-refractivity contribution >= 4 is 28.6 Å². The van der Waals surface area contributed by atoms with E-state index < -0.39 is 11.8 Å². The van der Waals surface area contributed by atoms with Crippen molar-refractivity contribution in [2.75, 3.05) is 6.61 Å². The van der Waals surface area contributed by atoms with E-state index in [-0.39, 0.29) is 22.9 Å². The van der Waals surface area contributed by atoms with Crippen molar-refractivity contribution in [2.45, 2.75) is 13.0 Å². The summed E-state index contributed by atoms with van der Waals surface area (Å²) in [6, 6.07) is 10.8. The van der Waals surface area contributed by atoms with Crippen molar-refractivity contribution in [1.82, 2.24) is 9.55 Å². The minimum atomic E-state index is -0.619. The molecule has 0 saturated carbocycles. The lowest BCUT2D eigenvalue weighted by Crippen LogP contribution is -2.18. The van der Waals surface area contributed by atoms with Crippen molar-refractivity contribution in [2.24, 2.45) is 0 Å². The molecule has 0 spiro atoms. The smallest absolute Gasteiger partial charge is 0.339 e. The Labute approximate surface area is 141 Å². The number of imidazole rings is 1. The first kappa shape index (κ1) is 16.3. The first-order valence-corrected chi connectivity index (χ1v) is 7.74. The molecular formula is C17H14ClFN2O3. The van der Waals surface area contributed by atoms with Gasteiger partial charge in [-0.05, 0) is 36.8 Å². The van der Waals surface area contributed by atoms with Crippen molar-refractivity contribution < 1.29 is 13.9 Å². The quantitative estimate of drug-likeness (QED) is 0.568. The van der Waals surface area contributed by atoms with E-state index in [0.29, 0.717) is 13.0 Å².